The van der Waals surface area contributed by atoms with Gasteiger partial charge in [-0.1, -0.05) is 17.3 Å². The zero-order valence-electron chi connectivity index (χ0n) is 12.2. The second-order valence-electron chi connectivity index (χ2n) is 5.49. The third-order valence-corrected chi connectivity index (χ3v) is 6.11. The lowest BCUT2D eigenvalue weighted by Gasteiger charge is -2.31. The monoisotopic (exact) mass is 324 g/mol. The van der Waals surface area contributed by atoms with Crippen LogP contribution < -0.4 is 0 Å². The van der Waals surface area contributed by atoms with Crippen LogP contribution in [0.3, 0.4) is 0 Å². The van der Waals surface area contributed by atoms with Crippen LogP contribution in [0.1, 0.15) is 30.0 Å². The van der Waals surface area contributed by atoms with E-state index in [-0.39, 0.29) is 16.6 Å². The second kappa shape index (κ2) is 5.81. The highest BCUT2D eigenvalue weighted by Crippen LogP contribution is 2.31. The van der Waals surface area contributed by atoms with Gasteiger partial charge in [0.05, 0.1) is 0 Å². The van der Waals surface area contributed by atoms with E-state index in [0.29, 0.717) is 18.8 Å². The van der Waals surface area contributed by atoms with Crippen LogP contribution in [0, 0.1) is 12.7 Å². The number of hydrogen-bond donors (Lipinski definition) is 0. The molecule has 0 amide bonds. The van der Waals surface area contributed by atoms with Crippen molar-refractivity contribution in [2.24, 2.45) is 0 Å². The third-order valence-electron chi connectivity index (χ3n) is 4.12. The van der Waals surface area contributed by atoms with Crippen LogP contribution >= 0.6 is 0 Å². The van der Waals surface area contributed by atoms with Crippen molar-refractivity contribution >= 4 is 10.0 Å². The average Bonchev–Trinajstić information content (AvgIpc) is 2.95. The van der Waals surface area contributed by atoms with E-state index in [1.165, 1.54) is 22.7 Å². The summed E-state index contributed by atoms with van der Waals surface area (Å²) in [5, 5.41) is 3.63. The molecule has 1 aliphatic rings. The zero-order valence-corrected chi connectivity index (χ0v) is 13.0. The molecule has 1 fully saturated rings. The average molecular weight is 324 g/mol. The van der Waals surface area contributed by atoms with E-state index in [1.807, 2.05) is 0 Å². The van der Waals surface area contributed by atoms with Crippen molar-refractivity contribution in [3.05, 3.63) is 47.6 Å². The van der Waals surface area contributed by atoms with Gasteiger partial charge in [-0.3, -0.25) is 0 Å². The minimum atomic E-state index is -3.54. The molecule has 5 nitrogen and oxygen atoms in total. The fourth-order valence-corrected chi connectivity index (χ4v) is 4.38. The first-order valence-electron chi connectivity index (χ1n) is 7.15. The lowest BCUT2D eigenvalue weighted by molar-refractivity contribution is 0.319. The fourth-order valence-electron chi connectivity index (χ4n) is 2.83. The molecule has 1 aliphatic heterocycles. The van der Waals surface area contributed by atoms with Crippen LogP contribution in [0.4, 0.5) is 4.39 Å². The van der Waals surface area contributed by atoms with Crippen LogP contribution in [0.2, 0.25) is 0 Å². The molecule has 0 radical (unpaired) electrons. The van der Waals surface area contributed by atoms with E-state index >= 15 is 0 Å². The highest BCUT2D eigenvalue weighted by Gasteiger charge is 2.32. The minimum Gasteiger partial charge on any atom is -0.363 e. The van der Waals surface area contributed by atoms with Gasteiger partial charge in [-0.15, -0.1) is 0 Å². The summed E-state index contributed by atoms with van der Waals surface area (Å²) in [5.74, 6) is 0.00215. The molecule has 1 aromatic heterocycles. The van der Waals surface area contributed by atoms with Crippen LogP contribution in [0.15, 0.2) is 39.9 Å². The Kier molecular flexibility index (Phi) is 4.01. The Hall–Kier alpha value is -1.73. The standard InChI is InChI=1S/C15H17FN2O3S/c1-11-15(10-21-17-11)22(19,20)18-8-6-13(7-9-18)12-2-4-14(16)5-3-12/h2-5,10,13H,6-9H2,1H3. The summed E-state index contributed by atoms with van der Waals surface area (Å²) in [6.45, 7) is 2.49. The van der Waals surface area contributed by atoms with Crippen molar-refractivity contribution < 1.29 is 17.3 Å². The molecule has 1 aromatic carbocycles. The van der Waals surface area contributed by atoms with Crippen LogP contribution in [0.25, 0.3) is 0 Å². The largest absolute Gasteiger partial charge is 0.363 e. The molecular weight excluding hydrogens is 307 g/mol. The molecule has 22 heavy (non-hydrogen) atoms. The molecule has 3 rings (SSSR count). The number of sulfonamides is 1. The van der Waals surface area contributed by atoms with E-state index in [2.05, 4.69) is 5.16 Å². The quantitative estimate of drug-likeness (QED) is 0.871. The summed E-state index contributed by atoms with van der Waals surface area (Å²) in [5.41, 5.74) is 1.43. The van der Waals surface area contributed by atoms with Crippen molar-refractivity contribution in [2.75, 3.05) is 13.1 Å². The van der Waals surface area contributed by atoms with E-state index in [9.17, 15) is 12.8 Å². The summed E-state index contributed by atoms with van der Waals surface area (Å²) in [6, 6.07) is 6.43. The van der Waals surface area contributed by atoms with Gasteiger partial charge in [-0.05, 0) is 43.4 Å². The Morgan fingerprint density at radius 2 is 1.86 bits per heavy atom. The van der Waals surface area contributed by atoms with E-state index in [0.717, 1.165) is 18.4 Å². The predicted molar refractivity (Wildman–Crippen MR) is 78.4 cm³/mol. The van der Waals surface area contributed by atoms with Crippen LogP contribution in [-0.2, 0) is 10.0 Å². The number of rotatable bonds is 3. The van der Waals surface area contributed by atoms with Gasteiger partial charge >= 0.3 is 0 Å². The molecule has 0 spiro atoms. The first kappa shape index (κ1) is 15.2. The normalized spacial score (nSPS) is 17.7. The van der Waals surface area contributed by atoms with Gasteiger partial charge < -0.3 is 4.52 Å². The first-order chi connectivity index (χ1) is 10.5. The maximum Gasteiger partial charge on any atom is 0.248 e. The van der Waals surface area contributed by atoms with Gasteiger partial charge in [0.2, 0.25) is 10.0 Å². The maximum atomic E-state index is 13.0. The van der Waals surface area contributed by atoms with Gasteiger partial charge in [0.15, 0.2) is 0 Å². The fraction of sp³-hybridized carbons (Fsp3) is 0.400. The summed E-state index contributed by atoms with van der Waals surface area (Å²) in [4.78, 5) is 0.132. The topological polar surface area (TPSA) is 63.4 Å². The molecule has 2 aromatic rings. The van der Waals surface area contributed by atoms with E-state index in [4.69, 9.17) is 4.52 Å². The molecular formula is C15H17FN2O3S. The Bertz CT molecular complexity index is 747. The van der Waals surface area contributed by atoms with Crippen molar-refractivity contribution in [2.45, 2.75) is 30.6 Å². The number of hydrogen-bond acceptors (Lipinski definition) is 4. The third kappa shape index (κ3) is 2.78. The smallest absolute Gasteiger partial charge is 0.248 e. The Morgan fingerprint density at radius 3 is 2.41 bits per heavy atom. The molecule has 118 valence electrons. The Balaban J connectivity index is 1.72. The van der Waals surface area contributed by atoms with Crippen molar-refractivity contribution in [3.8, 4) is 0 Å². The Labute approximate surface area is 128 Å². The van der Waals surface area contributed by atoms with E-state index < -0.39 is 10.0 Å². The lowest BCUT2D eigenvalue weighted by Crippen LogP contribution is -2.38. The molecule has 0 bridgehead atoms. The zero-order chi connectivity index (χ0) is 15.7. The number of halogens is 1. The van der Waals surface area contributed by atoms with Crippen LogP contribution in [0.5, 0.6) is 0 Å². The highest BCUT2D eigenvalue weighted by atomic mass is 32.2. The maximum absolute atomic E-state index is 13.0. The molecule has 2 heterocycles. The molecule has 7 heteroatoms. The minimum absolute atomic E-state index is 0.132. The SMILES string of the molecule is Cc1nocc1S(=O)(=O)N1CCC(c2ccc(F)cc2)CC1. The number of aryl methyl sites for hydroxylation is 1. The van der Waals surface area contributed by atoms with Crippen LogP contribution in [-0.4, -0.2) is 31.0 Å². The molecule has 1 saturated heterocycles. The molecule has 0 N–H and O–H groups in total. The molecule has 0 aliphatic carbocycles. The van der Waals surface area contributed by atoms with Crippen molar-refractivity contribution in [1.82, 2.24) is 9.46 Å². The van der Waals surface area contributed by atoms with Gasteiger partial charge in [0, 0.05) is 13.1 Å². The first-order valence-corrected chi connectivity index (χ1v) is 8.59. The van der Waals surface area contributed by atoms with Gasteiger partial charge in [0.25, 0.3) is 0 Å². The number of nitrogens with zero attached hydrogens (tertiary/aromatic N) is 2. The molecule has 0 saturated carbocycles. The second-order valence-corrected chi connectivity index (χ2v) is 7.40. The van der Waals surface area contributed by atoms with E-state index in [1.54, 1.807) is 19.1 Å². The summed E-state index contributed by atoms with van der Waals surface area (Å²) >= 11 is 0. The van der Waals surface area contributed by atoms with Gasteiger partial charge in [-0.2, -0.15) is 4.31 Å². The molecule has 0 atom stereocenters. The summed E-state index contributed by atoms with van der Waals surface area (Å²) < 4.78 is 44.2. The van der Waals surface area contributed by atoms with Gasteiger partial charge in [-0.25, -0.2) is 12.8 Å². The number of piperidine rings is 1. The molecule has 0 unspecified atom stereocenters. The summed E-state index contributed by atoms with van der Waals surface area (Å²) in [7, 11) is -3.54. The van der Waals surface area contributed by atoms with Gasteiger partial charge in [0.1, 0.15) is 22.7 Å². The predicted octanol–water partition coefficient (Wildman–Crippen LogP) is 2.69. The number of benzene rings is 1. The van der Waals surface area contributed by atoms with Crippen molar-refractivity contribution in [3.63, 3.8) is 0 Å². The Morgan fingerprint density at radius 1 is 1.23 bits per heavy atom. The lowest BCUT2D eigenvalue weighted by atomic mass is 9.90. The number of aromatic nitrogens is 1. The summed E-state index contributed by atoms with van der Waals surface area (Å²) in [6.07, 6.45) is 2.61. The van der Waals surface area contributed by atoms with Crippen molar-refractivity contribution in [1.29, 1.82) is 0 Å². The highest BCUT2D eigenvalue weighted by molar-refractivity contribution is 7.89.